The molecule has 11 aromatic rings. The standard InChI is InChI=1S/C62H50N4O/c1-61(2,3)41-32-33-63-58(36-41)66-55-29-15-14-26-51(55)52-31-30-45(38-56(52)66)67-44-21-16-20-43(37-44)64-39-65-59-46(40-18-8-7-9-19-40)27-17-28-53(59)49-24-12-10-22-47(49)48-23-11-13-25-50(48)54-34-42(62(4,5)6)35-57(64)60(54)65/h7-38H,1-6H3/i7D,8D,9D,18D,19D. The second-order valence-corrected chi connectivity index (χ2v) is 19.5. The molecule has 1 aliphatic heterocycles. The Kier molecular flexibility index (Phi) is 8.05. The number of benzene rings is 8. The van der Waals surface area contributed by atoms with E-state index in [1.54, 1.807) is 0 Å². The molecular formula is C62H50N4O. The third-order valence-corrected chi connectivity index (χ3v) is 13.2. The number of hydrogen-bond donors (Lipinski definition) is 0. The van der Waals surface area contributed by atoms with E-state index in [0.29, 0.717) is 22.7 Å². The molecule has 0 amide bonds. The van der Waals surface area contributed by atoms with E-state index >= 15 is 0 Å². The van der Waals surface area contributed by atoms with Crippen molar-refractivity contribution in [3.05, 3.63) is 212 Å². The maximum absolute atomic E-state index is 9.27. The average Bonchev–Trinajstić information content (AvgIpc) is 3.93. The van der Waals surface area contributed by atoms with E-state index in [0.717, 1.165) is 83.3 Å². The number of hydrogen-bond acceptors (Lipinski definition) is 2. The van der Waals surface area contributed by atoms with Gasteiger partial charge in [-0.1, -0.05) is 169 Å². The largest absolute Gasteiger partial charge is 0.458 e. The number of rotatable bonds is 5. The zero-order valence-corrected chi connectivity index (χ0v) is 38.3. The molecule has 4 heterocycles. The maximum Gasteiger partial charge on any atom is 0.269 e. The fourth-order valence-corrected chi connectivity index (χ4v) is 9.81. The summed E-state index contributed by atoms with van der Waals surface area (Å²) in [5, 5.41) is 2.22. The topological polar surface area (TPSA) is 35.9 Å². The molecule has 12 rings (SSSR count). The number of imidazole rings is 1. The van der Waals surface area contributed by atoms with E-state index in [1.807, 2.05) is 65.4 Å². The van der Waals surface area contributed by atoms with E-state index in [-0.39, 0.29) is 28.5 Å². The SMILES string of the molecule is [2H]c1c([2H])c([2H])c(-c2cccc3c2-[n+]2[c-]n(-c4cccc(Oc5ccc6c7ccccc7n(-c7cc(C(C)(C)C)ccn7)c6c5)c4)c4cc(C(C)(C)C)cc(c42)-c2ccccc2-c2ccccc2-3)c([2H])c1[2H]. The maximum atomic E-state index is 9.27. The Morgan fingerprint density at radius 3 is 1.90 bits per heavy atom. The Morgan fingerprint density at radius 2 is 1.15 bits per heavy atom. The van der Waals surface area contributed by atoms with Gasteiger partial charge in [-0.3, -0.25) is 13.7 Å². The molecule has 0 unspecified atom stereocenters. The molecule has 5 heteroatoms. The predicted octanol–water partition coefficient (Wildman–Crippen LogP) is 15.6. The highest BCUT2D eigenvalue weighted by atomic mass is 16.5. The van der Waals surface area contributed by atoms with Gasteiger partial charge in [0.05, 0.1) is 40.3 Å². The Balaban J connectivity index is 1.10. The Labute approximate surface area is 398 Å². The monoisotopic (exact) mass is 871 g/mol. The van der Waals surface area contributed by atoms with Gasteiger partial charge in [0.2, 0.25) is 0 Å². The lowest BCUT2D eigenvalue weighted by Crippen LogP contribution is -2.32. The quantitative estimate of drug-likeness (QED) is 0.128. The van der Waals surface area contributed by atoms with Crippen LogP contribution in [0.3, 0.4) is 0 Å². The molecule has 5 nitrogen and oxygen atoms in total. The van der Waals surface area contributed by atoms with Gasteiger partial charge < -0.3 is 4.74 Å². The van der Waals surface area contributed by atoms with Crippen LogP contribution >= 0.6 is 0 Å². The third-order valence-electron chi connectivity index (χ3n) is 13.2. The van der Waals surface area contributed by atoms with Gasteiger partial charge in [0.1, 0.15) is 17.3 Å². The smallest absolute Gasteiger partial charge is 0.269 e. The lowest BCUT2D eigenvalue weighted by Gasteiger charge is -2.22. The summed E-state index contributed by atoms with van der Waals surface area (Å²) in [6, 6.07) is 52.2. The summed E-state index contributed by atoms with van der Waals surface area (Å²) >= 11 is 0. The van der Waals surface area contributed by atoms with Crippen LogP contribution in [0.1, 0.15) is 59.5 Å². The minimum Gasteiger partial charge on any atom is -0.458 e. The van der Waals surface area contributed by atoms with Crippen LogP contribution in [-0.2, 0) is 10.8 Å². The van der Waals surface area contributed by atoms with Crippen LogP contribution in [0.2, 0.25) is 0 Å². The van der Waals surface area contributed by atoms with Crippen LogP contribution in [0.25, 0.3) is 94.5 Å². The molecule has 8 aromatic carbocycles. The minimum atomic E-state index is -0.440. The average molecular weight is 872 g/mol. The summed E-state index contributed by atoms with van der Waals surface area (Å²) in [6.07, 6.45) is 5.70. The number of ether oxygens (including phenoxy) is 1. The van der Waals surface area contributed by atoms with E-state index in [4.69, 9.17) is 13.8 Å². The Bertz CT molecular complexity index is 4030. The van der Waals surface area contributed by atoms with Crippen molar-refractivity contribution in [2.45, 2.75) is 52.4 Å². The number of para-hydroxylation sites is 2. The fraction of sp³-hybridized carbons (Fsp3) is 0.129. The molecule has 0 saturated heterocycles. The predicted molar refractivity (Wildman–Crippen MR) is 275 cm³/mol. The van der Waals surface area contributed by atoms with Gasteiger partial charge in [-0.2, -0.15) is 0 Å². The second kappa shape index (κ2) is 15.3. The summed E-state index contributed by atoms with van der Waals surface area (Å²) in [4.78, 5) is 4.89. The van der Waals surface area contributed by atoms with Crippen molar-refractivity contribution < 1.29 is 16.2 Å². The van der Waals surface area contributed by atoms with Crippen LogP contribution in [0.4, 0.5) is 0 Å². The first-order valence-electron chi connectivity index (χ1n) is 25.3. The molecule has 67 heavy (non-hydrogen) atoms. The zero-order valence-electron chi connectivity index (χ0n) is 43.3. The molecule has 0 aliphatic carbocycles. The molecule has 324 valence electrons. The van der Waals surface area contributed by atoms with Crippen molar-refractivity contribution in [3.63, 3.8) is 0 Å². The van der Waals surface area contributed by atoms with Crippen LogP contribution in [0, 0.1) is 6.33 Å². The van der Waals surface area contributed by atoms with Crippen LogP contribution < -0.4 is 9.30 Å². The van der Waals surface area contributed by atoms with E-state index < -0.39 is 18.1 Å². The minimum absolute atomic E-state index is 0.0607. The lowest BCUT2D eigenvalue weighted by molar-refractivity contribution is -0.570. The summed E-state index contributed by atoms with van der Waals surface area (Å²) in [6.45, 7) is 13.3. The number of fused-ring (bicyclic) bond motifs is 10. The van der Waals surface area contributed by atoms with Crippen LogP contribution in [-0.4, -0.2) is 14.1 Å². The van der Waals surface area contributed by atoms with Gasteiger partial charge in [-0.05, 0) is 121 Å². The highest BCUT2D eigenvalue weighted by Crippen LogP contribution is 2.46. The zero-order chi connectivity index (χ0) is 50.0. The van der Waals surface area contributed by atoms with E-state index in [9.17, 15) is 2.74 Å². The van der Waals surface area contributed by atoms with Gasteiger partial charge in [-0.25, -0.2) is 4.98 Å². The summed E-state index contributed by atoms with van der Waals surface area (Å²) in [5.41, 5.74) is 13.6. The summed E-state index contributed by atoms with van der Waals surface area (Å²) < 4.78 is 57.8. The van der Waals surface area contributed by atoms with Gasteiger partial charge in [0.15, 0.2) is 0 Å². The number of nitrogens with zero attached hydrogens (tertiary/aromatic N) is 4. The molecule has 0 bridgehead atoms. The normalized spacial score (nSPS) is 13.4. The fourth-order valence-electron chi connectivity index (χ4n) is 9.81. The molecule has 0 atom stereocenters. The number of aromatic nitrogens is 4. The van der Waals surface area contributed by atoms with Crippen molar-refractivity contribution in [3.8, 4) is 73.2 Å². The highest BCUT2D eigenvalue weighted by Gasteiger charge is 2.28. The molecule has 0 fully saturated rings. The lowest BCUT2D eigenvalue weighted by atomic mass is 9.83. The third kappa shape index (κ3) is 6.76. The molecule has 0 saturated carbocycles. The molecule has 0 radical (unpaired) electrons. The van der Waals surface area contributed by atoms with Gasteiger partial charge in [-0.15, -0.1) is 0 Å². The molecule has 3 aromatic heterocycles. The first-order chi connectivity index (χ1) is 34.6. The molecular weight excluding hydrogens is 817 g/mol. The molecule has 0 N–H and O–H groups in total. The molecule has 1 aliphatic rings. The van der Waals surface area contributed by atoms with Gasteiger partial charge in [0.25, 0.3) is 6.33 Å². The van der Waals surface area contributed by atoms with Crippen LogP contribution in [0.5, 0.6) is 11.5 Å². The highest BCUT2D eigenvalue weighted by molar-refractivity contribution is 6.09. The second-order valence-electron chi connectivity index (χ2n) is 19.5. The summed E-state index contributed by atoms with van der Waals surface area (Å²) in [5.74, 6) is 2.13. The van der Waals surface area contributed by atoms with Gasteiger partial charge in [0, 0.05) is 23.0 Å². The van der Waals surface area contributed by atoms with Crippen LogP contribution in [0.15, 0.2) is 194 Å². The first kappa shape index (κ1) is 35.3. The first-order valence-corrected chi connectivity index (χ1v) is 22.8. The molecule has 0 spiro atoms. The van der Waals surface area contributed by atoms with Crippen molar-refractivity contribution in [2.24, 2.45) is 0 Å². The Morgan fingerprint density at radius 1 is 0.522 bits per heavy atom. The summed E-state index contributed by atoms with van der Waals surface area (Å²) in [7, 11) is 0. The van der Waals surface area contributed by atoms with Crippen molar-refractivity contribution in [1.82, 2.24) is 14.1 Å². The van der Waals surface area contributed by atoms with Crippen molar-refractivity contribution in [1.29, 1.82) is 0 Å². The van der Waals surface area contributed by atoms with Crippen molar-refractivity contribution in [2.75, 3.05) is 0 Å². The van der Waals surface area contributed by atoms with E-state index in [1.165, 1.54) is 5.56 Å². The van der Waals surface area contributed by atoms with E-state index in [2.05, 4.69) is 160 Å². The Hall–Kier alpha value is -8.02. The number of pyridine rings is 1. The van der Waals surface area contributed by atoms with Gasteiger partial charge >= 0.3 is 0 Å². The van der Waals surface area contributed by atoms with Crippen molar-refractivity contribution >= 4 is 32.8 Å².